The number of hydrogen-bond donors (Lipinski definition) is 0. The lowest BCUT2D eigenvalue weighted by Gasteiger charge is -2.34. The van der Waals surface area contributed by atoms with Crippen LogP contribution in [-0.2, 0) is 0 Å². The van der Waals surface area contributed by atoms with Crippen LogP contribution < -0.4 is 14.4 Å². The third-order valence-electron chi connectivity index (χ3n) is 5.35. The second kappa shape index (κ2) is 9.21. The molecular formula is C21H22N4O5S2. The molecule has 11 heteroatoms. The predicted molar refractivity (Wildman–Crippen MR) is 126 cm³/mol. The van der Waals surface area contributed by atoms with Crippen molar-refractivity contribution in [2.45, 2.75) is 4.90 Å². The molecule has 0 N–H and O–H groups in total. The van der Waals surface area contributed by atoms with Crippen LogP contribution in [0.3, 0.4) is 0 Å². The second-order valence-corrected chi connectivity index (χ2v) is 8.98. The summed E-state index contributed by atoms with van der Waals surface area (Å²) in [5.41, 5.74) is 0.652. The summed E-state index contributed by atoms with van der Waals surface area (Å²) in [6, 6.07) is 8.83. The Morgan fingerprint density at radius 3 is 2.44 bits per heavy atom. The van der Waals surface area contributed by atoms with Crippen LogP contribution in [0.1, 0.15) is 10.4 Å². The van der Waals surface area contributed by atoms with E-state index < -0.39 is 10.8 Å². The average molecular weight is 475 g/mol. The molecule has 0 unspecified atom stereocenters. The van der Waals surface area contributed by atoms with Crippen LogP contribution in [0, 0.1) is 10.1 Å². The van der Waals surface area contributed by atoms with Gasteiger partial charge >= 0.3 is 0 Å². The number of thioether (sulfide) groups is 1. The average Bonchev–Trinajstić information content (AvgIpc) is 3.26. The Hall–Kier alpha value is -3.05. The van der Waals surface area contributed by atoms with Gasteiger partial charge in [-0.15, -0.1) is 11.8 Å². The molecular weight excluding hydrogens is 452 g/mol. The van der Waals surface area contributed by atoms with E-state index in [4.69, 9.17) is 14.5 Å². The maximum atomic E-state index is 13.1. The summed E-state index contributed by atoms with van der Waals surface area (Å²) in [7, 11) is 2.82. The lowest BCUT2D eigenvalue weighted by atomic mass is 10.1. The normalized spacial score (nSPS) is 14.0. The highest BCUT2D eigenvalue weighted by Crippen LogP contribution is 2.36. The molecule has 2 aromatic carbocycles. The van der Waals surface area contributed by atoms with Crippen LogP contribution in [0.2, 0.25) is 0 Å². The minimum absolute atomic E-state index is 0.00863. The number of amides is 1. The number of fused-ring (bicyclic) bond motifs is 1. The maximum Gasteiger partial charge on any atom is 0.286 e. The molecule has 1 fully saturated rings. The summed E-state index contributed by atoms with van der Waals surface area (Å²) >= 11 is 3.33. The van der Waals surface area contributed by atoms with Gasteiger partial charge in [-0.25, -0.2) is 4.98 Å². The number of nitro groups is 1. The van der Waals surface area contributed by atoms with Gasteiger partial charge < -0.3 is 19.3 Å². The van der Waals surface area contributed by atoms with Gasteiger partial charge in [0.1, 0.15) is 5.56 Å². The first-order valence-electron chi connectivity index (χ1n) is 9.84. The number of nitro benzene ring substituents is 1. The number of carbonyl (C=O) groups excluding carboxylic acids is 1. The zero-order valence-corrected chi connectivity index (χ0v) is 19.5. The Morgan fingerprint density at radius 1 is 1.12 bits per heavy atom. The Morgan fingerprint density at radius 2 is 1.81 bits per heavy atom. The van der Waals surface area contributed by atoms with Gasteiger partial charge in [0, 0.05) is 37.1 Å². The van der Waals surface area contributed by atoms with Crippen LogP contribution in [0.4, 0.5) is 10.8 Å². The second-order valence-electron chi connectivity index (χ2n) is 7.09. The number of methoxy groups -OCH3 is 2. The smallest absolute Gasteiger partial charge is 0.286 e. The van der Waals surface area contributed by atoms with Crippen molar-refractivity contribution in [1.29, 1.82) is 0 Å². The van der Waals surface area contributed by atoms with Crippen molar-refractivity contribution in [2.75, 3.05) is 51.6 Å². The molecule has 0 bridgehead atoms. The minimum atomic E-state index is -0.574. The van der Waals surface area contributed by atoms with E-state index in [2.05, 4.69) is 17.0 Å². The monoisotopic (exact) mass is 474 g/mol. The molecule has 1 saturated heterocycles. The zero-order valence-electron chi connectivity index (χ0n) is 17.9. The summed E-state index contributed by atoms with van der Waals surface area (Å²) in [6.45, 7) is 2.08. The maximum absolute atomic E-state index is 13.1. The van der Waals surface area contributed by atoms with Gasteiger partial charge in [0.05, 0.1) is 35.4 Å². The molecule has 1 aliphatic rings. The first-order valence-corrected chi connectivity index (χ1v) is 11.9. The number of aromatic nitrogens is 1. The van der Waals surface area contributed by atoms with E-state index in [1.807, 2.05) is 12.3 Å². The van der Waals surface area contributed by atoms with Crippen molar-refractivity contribution in [1.82, 2.24) is 9.88 Å². The van der Waals surface area contributed by atoms with E-state index in [1.165, 1.54) is 31.2 Å². The molecule has 1 aliphatic heterocycles. The fourth-order valence-electron chi connectivity index (χ4n) is 3.62. The van der Waals surface area contributed by atoms with Gasteiger partial charge in [0.25, 0.3) is 11.6 Å². The molecule has 1 aromatic heterocycles. The van der Waals surface area contributed by atoms with Crippen LogP contribution >= 0.6 is 23.1 Å². The SMILES string of the molecule is COc1cc(C(=O)N2CCN(c3nc4ccc(SC)cc4s3)CC2)c([N+](=O)[O-])cc1OC. The van der Waals surface area contributed by atoms with Gasteiger partial charge in [-0.05, 0) is 24.5 Å². The lowest BCUT2D eigenvalue weighted by Crippen LogP contribution is -2.48. The first kappa shape index (κ1) is 22.2. The molecule has 0 atom stereocenters. The Bertz CT molecular complexity index is 1170. The fourth-order valence-corrected chi connectivity index (χ4v) is 5.19. The number of piperazine rings is 1. The third kappa shape index (κ3) is 4.17. The highest BCUT2D eigenvalue weighted by Gasteiger charge is 2.30. The minimum Gasteiger partial charge on any atom is -0.493 e. The topological polar surface area (TPSA) is 98.0 Å². The molecule has 32 heavy (non-hydrogen) atoms. The summed E-state index contributed by atoms with van der Waals surface area (Å²) in [6.07, 6.45) is 2.04. The number of thiazole rings is 1. The first-order chi connectivity index (χ1) is 15.4. The largest absolute Gasteiger partial charge is 0.493 e. The molecule has 4 rings (SSSR count). The number of benzene rings is 2. The van der Waals surface area contributed by atoms with Crippen LogP contribution in [0.25, 0.3) is 10.2 Å². The van der Waals surface area contributed by atoms with Crippen molar-refractivity contribution >= 4 is 50.0 Å². The van der Waals surface area contributed by atoms with Crippen molar-refractivity contribution in [3.05, 3.63) is 46.0 Å². The molecule has 168 valence electrons. The number of carbonyl (C=O) groups is 1. The van der Waals surface area contributed by atoms with E-state index in [0.29, 0.717) is 26.2 Å². The summed E-state index contributed by atoms with van der Waals surface area (Å²) in [5, 5.41) is 12.5. The van der Waals surface area contributed by atoms with Gasteiger partial charge in [0.15, 0.2) is 16.6 Å². The number of rotatable bonds is 6. The van der Waals surface area contributed by atoms with Crippen LogP contribution in [0.15, 0.2) is 35.2 Å². The van der Waals surface area contributed by atoms with Crippen LogP contribution in [0.5, 0.6) is 11.5 Å². The summed E-state index contributed by atoms with van der Waals surface area (Å²) in [5.74, 6) is 0.0893. The molecule has 9 nitrogen and oxygen atoms in total. The van der Waals surface area contributed by atoms with Crippen molar-refractivity contribution in [2.24, 2.45) is 0 Å². The molecule has 0 saturated carbocycles. The molecule has 2 heterocycles. The van der Waals surface area contributed by atoms with E-state index in [1.54, 1.807) is 28.0 Å². The molecule has 3 aromatic rings. The van der Waals surface area contributed by atoms with E-state index in [9.17, 15) is 14.9 Å². The van der Waals surface area contributed by atoms with Crippen molar-refractivity contribution in [3.8, 4) is 11.5 Å². The van der Waals surface area contributed by atoms with Gasteiger partial charge in [-0.1, -0.05) is 11.3 Å². The van der Waals surface area contributed by atoms with Gasteiger partial charge in [-0.3, -0.25) is 14.9 Å². The molecule has 0 spiro atoms. The number of anilines is 1. The lowest BCUT2D eigenvalue weighted by molar-refractivity contribution is -0.385. The summed E-state index contributed by atoms with van der Waals surface area (Å²) in [4.78, 5) is 33.8. The quantitative estimate of drug-likeness (QED) is 0.301. The Balaban J connectivity index is 1.52. The standard InChI is InChI=1S/C21H22N4O5S2/c1-29-17-11-14(16(25(27)28)12-18(17)30-2)20(26)23-6-8-24(9-7-23)21-22-15-5-4-13(31-3)10-19(15)32-21/h4-5,10-12H,6-9H2,1-3H3. The highest BCUT2D eigenvalue weighted by atomic mass is 32.2. The third-order valence-corrected chi connectivity index (χ3v) is 7.15. The molecule has 1 amide bonds. The Kier molecular flexibility index (Phi) is 6.38. The van der Waals surface area contributed by atoms with Crippen molar-refractivity contribution in [3.63, 3.8) is 0 Å². The fraction of sp³-hybridized carbons (Fsp3) is 0.333. The van der Waals surface area contributed by atoms with Gasteiger partial charge in [-0.2, -0.15) is 0 Å². The van der Waals surface area contributed by atoms with Crippen molar-refractivity contribution < 1.29 is 19.2 Å². The van der Waals surface area contributed by atoms with Crippen LogP contribution in [-0.4, -0.2) is 67.4 Å². The van der Waals surface area contributed by atoms with E-state index in [-0.39, 0.29) is 22.7 Å². The zero-order chi connectivity index (χ0) is 22.8. The Labute approximate surface area is 193 Å². The molecule has 0 radical (unpaired) electrons. The number of ether oxygens (including phenoxy) is 2. The van der Waals surface area contributed by atoms with E-state index >= 15 is 0 Å². The predicted octanol–water partition coefficient (Wildman–Crippen LogP) is 3.91. The van der Waals surface area contributed by atoms with Gasteiger partial charge in [0.2, 0.25) is 0 Å². The number of hydrogen-bond acceptors (Lipinski definition) is 9. The highest BCUT2D eigenvalue weighted by molar-refractivity contribution is 7.98. The molecule has 0 aliphatic carbocycles. The summed E-state index contributed by atoms with van der Waals surface area (Å²) < 4.78 is 11.5. The number of nitrogens with zero attached hydrogens (tertiary/aromatic N) is 4. The van der Waals surface area contributed by atoms with E-state index in [0.717, 1.165) is 15.3 Å².